The van der Waals surface area contributed by atoms with Crippen LogP contribution in [-0.2, 0) is 15.0 Å². The van der Waals surface area contributed by atoms with Crippen LogP contribution in [0.2, 0.25) is 0 Å². The molecule has 0 amide bonds. The van der Waals surface area contributed by atoms with Crippen LogP contribution in [0.5, 0.6) is 17.2 Å². The Balaban J connectivity index is 1.61. The molecule has 30 heavy (non-hydrogen) atoms. The summed E-state index contributed by atoms with van der Waals surface area (Å²) in [5.41, 5.74) is 1.85. The third-order valence-corrected chi connectivity index (χ3v) is 5.36. The van der Waals surface area contributed by atoms with Crippen molar-refractivity contribution in [3.8, 4) is 17.2 Å². The van der Waals surface area contributed by atoms with Crippen molar-refractivity contribution in [3.05, 3.63) is 48.0 Å². The minimum Gasteiger partial charge on any atom is -0.494 e. The largest absolute Gasteiger partial charge is 0.494 e. The number of aliphatic imine (C=N–C) groups is 1. The summed E-state index contributed by atoms with van der Waals surface area (Å²) in [6.45, 7) is 2.94. The Labute approximate surface area is 186 Å². The number of ether oxygens (including phenoxy) is 3. The third-order valence-electron chi connectivity index (χ3n) is 4.25. The van der Waals surface area contributed by atoms with Crippen LogP contribution >= 0.6 is 24.1 Å². The number of rotatable bonds is 12. The highest BCUT2D eigenvalue weighted by Crippen LogP contribution is 2.38. The highest BCUT2D eigenvalue weighted by molar-refractivity contribution is 7.98. The molecule has 1 fully saturated rings. The molecule has 2 aromatic rings. The van der Waals surface area contributed by atoms with Gasteiger partial charge in [-0.15, -0.1) is 8.57 Å². The van der Waals surface area contributed by atoms with Gasteiger partial charge in [0, 0.05) is 12.0 Å². The van der Waals surface area contributed by atoms with Gasteiger partial charge in [0.1, 0.15) is 18.0 Å². The van der Waals surface area contributed by atoms with Gasteiger partial charge in [0.15, 0.2) is 11.5 Å². The predicted octanol–water partition coefficient (Wildman–Crippen LogP) is 4.76. The number of hydrogen-bond donors (Lipinski definition) is 0. The Morgan fingerprint density at radius 3 is 2.53 bits per heavy atom. The number of methoxy groups -OCH3 is 1. The molecule has 0 aromatic heterocycles. The summed E-state index contributed by atoms with van der Waals surface area (Å²) in [6.07, 6.45) is 4.69. The third kappa shape index (κ3) is 6.21. The van der Waals surface area contributed by atoms with Gasteiger partial charge >= 0.3 is 0 Å². The molecule has 0 spiro atoms. The van der Waals surface area contributed by atoms with Crippen LogP contribution in [0.1, 0.15) is 12.5 Å². The maximum atomic E-state index is 5.83. The fourth-order valence-corrected chi connectivity index (χ4v) is 3.80. The maximum Gasteiger partial charge on any atom is 0.217 e. The lowest BCUT2D eigenvalue weighted by atomic mass is 10.1. The summed E-state index contributed by atoms with van der Waals surface area (Å²) in [5, 5.41) is 1.34. The van der Waals surface area contributed by atoms with Crippen LogP contribution < -0.4 is 19.4 Å². The molecule has 162 valence electrons. The molecule has 2 aromatic carbocycles. The highest BCUT2D eigenvalue weighted by atomic mass is 32.2. The molecule has 1 heterocycles. The van der Waals surface area contributed by atoms with E-state index >= 15 is 0 Å². The van der Waals surface area contributed by atoms with Crippen molar-refractivity contribution < 1.29 is 22.8 Å². The standard InChI is InChI=1S/C21H26N2O5S2/c1-4-25-20-7-5-6-8-21(20)26-12-11-22-17(15-29-3)13-16-9-10-19(24-2)18(14-16)23-27-30-28-23/h5-11,14,17H,4,12-13,15H2,1-3H3/b22-11-/t17-/m0/s1. The van der Waals surface area contributed by atoms with E-state index in [-0.39, 0.29) is 6.04 Å². The van der Waals surface area contributed by atoms with Crippen LogP contribution in [0.25, 0.3) is 0 Å². The average Bonchev–Trinajstić information content (AvgIpc) is 2.71. The Morgan fingerprint density at radius 1 is 1.13 bits per heavy atom. The van der Waals surface area contributed by atoms with E-state index in [0.717, 1.165) is 47.2 Å². The van der Waals surface area contributed by atoms with E-state index in [4.69, 9.17) is 27.8 Å². The second-order valence-corrected chi connectivity index (χ2v) is 7.66. The van der Waals surface area contributed by atoms with Gasteiger partial charge in [0.2, 0.25) is 12.3 Å². The molecule has 0 aliphatic carbocycles. The van der Waals surface area contributed by atoms with Gasteiger partial charge in [-0.05, 0) is 49.4 Å². The lowest BCUT2D eigenvalue weighted by Crippen LogP contribution is -2.27. The average molecular weight is 451 g/mol. The highest BCUT2D eigenvalue weighted by Gasteiger charge is 2.24. The number of hydrogen-bond acceptors (Lipinski definition) is 9. The molecule has 0 N–H and O–H groups in total. The first-order valence-electron chi connectivity index (χ1n) is 9.58. The van der Waals surface area contributed by atoms with Crippen molar-refractivity contribution in [2.24, 2.45) is 4.99 Å². The molecule has 1 aliphatic heterocycles. The Hall–Kier alpha value is -2.07. The molecule has 9 heteroatoms. The van der Waals surface area contributed by atoms with Crippen LogP contribution in [-0.4, -0.2) is 44.6 Å². The van der Waals surface area contributed by atoms with Gasteiger partial charge in [-0.2, -0.15) is 11.8 Å². The lowest BCUT2D eigenvalue weighted by molar-refractivity contribution is 0.0256. The molecule has 1 aliphatic rings. The number of para-hydroxylation sites is 2. The number of nitrogens with zero attached hydrogens (tertiary/aromatic N) is 2. The smallest absolute Gasteiger partial charge is 0.217 e. The zero-order valence-electron chi connectivity index (χ0n) is 17.3. The molecule has 0 bridgehead atoms. The maximum absolute atomic E-state index is 5.83. The van der Waals surface area contributed by atoms with E-state index in [1.54, 1.807) is 18.9 Å². The van der Waals surface area contributed by atoms with Crippen molar-refractivity contribution >= 4 is 36.0 Å². The summed E-state index contributed by atoms with van der Waals surface area (Å²) in [4.78, 5) is 4.73. The minimum absolute atomic E-state index is 0.125. The summed E-state index contributed by atoms with van der Waals surface area (Å²) in [5.74, 6) is 3.05. The summed E-state index contributed by atoms with van der Waals surface area (Å²) in [7, 11) is 1.62. The van der Waals surface area contributed by atoms with Crippen molar-refractivity contribution in [2.45, 2.75) is 19.4 Å². The van der Waals surface area contributed by atoms with Gasteiger partial charge in [-0.1, -0.05) is 23.4 Å². The van der Waals surface area contributed by atoms with E-state index < -0.39 is 0 Å². The van der Waals surface area contributed by atoms with Crippen LogP contribution in [0.3, 0.4) is 0 Å². The molecule has 3 rings (SSSR count). The van der Waals surface area contributed by atoms with E-state index in [9.17, 15) is 0 Å². The first-order valence-corrected chi connectivity index (χ1v) is 11.6. The van der Waals surface area contributed by atoms with Gasteiger partial charge in [0.05, 0.1) is 19.8 Å². The minimum atomic E-state index is 0.125. The Bertz CT molecular complexity index is 833. The second-order valence-electron chi connectivity index (χ2n) is 6.32. The van der Waals surface area contributed by atoms with E-state index in [1.165, 1.54) is 5.23 Å². The molecular weight excluding hydrogens is 424 g/mol. The molecule has 1 atom stereocenters. The van der Waals surface area contributed by atoms with Crippen LogP contribution in [0.4, 0.5) is 5.69 Å². The monoisotopic (exact) mass is 450 g/mol. The first kappa shape index (κ1) is 22.6. The van der Waals surface area contributed by atoms with Crippen LogP contribution in [0.15, 0.2) is 47.5 Å². The Kier molecular flexibility index (Phi) is 9.00. The number of anilines is 1. The summed E-state index contributed by atoms with van der Waals surface area (Å²) in [6, 6.07) is 13.7. The van der Waals surface area contributed by atoms with Crippen LogP contribution in [0, 0.1) is 0 Å². The van der Waals surface area contributed by atoms with Gasteiger partial charge in [0.25, 0.3) is 0 Å². The molecular formula is C21H26N2O5S2. The molecule has 0 unspecified atom stereocenters. The zero-order valence-corrected chi connectivity index (χ0v) is 18.9. The predicted molar refractivity (Wildman–Crippen MR) is 123 cm³/mol. The summed E-state index contributed by atoms with van der Waals surface area (Å²) < 4.78 is 27.2. The Morgan fingerprint density at radius 2 is 1.90 bits per heavy atom. The first-order chi connectivity index (χ1) is 14.7. The van der Waals surface area contributed by atoms with Crippen molar-refractivity contribution in [1.82, 2.24) is 0 Å². The van der Waals surface area contributed by atoms with E-state index in [0.29, 0.717) is 19.0 Å². The number of benzene rings is 2. The van der Waals surface area contributed by atoms with E-state index in [2.05, 4.69) is 6.26 Å². The van der Waals surface area contributed by atoms with Crippen molar-refractivity contribution in [1.29, 1.82) is 0 Å². The van der Waals surface area contributed by atoms with Crippen molar-refractivity contribution in [2.75, 3.05) is 37.6 Å². The van der Waals surface area contributed by atoms with Crippen molar-refractivity contribution in [3.63, 3.8) is 0 Å². The summed E-state index contributed by atoms with van der Waals surface area (Å²) >= 11 is 2.69. The zero-order chi connectivity index (χ0) is 21.2. The molecule has 0 saturated carbocycles. The molecule has 1 saturated heterocycles. The topological polar surface area (TPSA) is 61.8 Å². The second kappa shape index (κ2) is 11.9. The number of thioether (sulfide) groups is 1. The molecule has 0 radical (unpaired) electrons. The quantitative estimate of drug-likeness (QED) is 0.339. The molecule has 7 nitrogen and oxygen atoms in total. The SMILES string of the molecule is CCOc1ccccc1OC/C=N\[C@H](CSC)Cc1ccc(OC)c(N2OSO2)c1. The fraction of sp³-hybridized carbons (Fsp3) is 0.381. The van der Waals surface area contributed by atoms with E-state index in [1.807, 2.05) is 55.6 Å². The lowest BCUT2D eigenvalue weighted by Gasteiger charge is -2.28. The van der Waals surface area contributed by atoms with Gasteiger partial charge in [-0.25, -0.2) is 0 Å². The normalized spacial score (nSPS) is 14.4. The van der Waals surface area contributed by atoms with Gasteiger partial charge < -0.3 is 14.2 Å². The fourth-order valence-electron chi connectivity index (χ4n) is 2.93. The van der Waals surface area contributed by atoms with Gasteiger partial charge in [-0.3, -0.25) is 4.99 Å².